The van der Waals surface area contributed by atoms with Crippen molar-refractivity contribution in [3.63, 3.8) is 0 Å². The van der Waals surface area contributed by atoms with Gasteiger partial charge in [0, 0.05) is 46.5 Å². The van der Waals surface area contributed by atoms with Gasteiger partial charge in [-0.25, -0.2) is 9.97 Å². The number of hydrogen-bond acceptors (Lipinski definition) is 8. The van der Waals surface area contributed by atoms with E-state index in [0.717, 1.165) is 28.3 Å². The molecule has 43 heavy (non-hydrogen) atoms. The van der Waals surface area contributed by atoms with Gasteiger partial charge in [0.05, 0.1) is 23.1 Å². The lowest BCUT2D eigenvalue weighted by molar-refractivity contribution is -0.137. The molecule has 0 bridgehead atoms. The number of benzene rings is 2. The lowest BCUT2D eigenvalue weighted by Gasteiger charge is -2.16. The molecular formula is C31H28F3N7O2. The van der Waals surface area contributed by atoms with E-state index in [0.29, 0.717) is 35.7 Å². The molecule has 0 fully saturated rings. The summed E-state index contributed by atoms with van der Waals surface area (Å²) in [6, 6.07) is 12.3. The molecule has 0 unspecified atom stereocenters. The number of rotatable bonds is 9. The third kappa shape index (κ3) is 6.87. The van der Waals surface area contributed by atoms with Crippen molar-refractivity contribution in [2.45, 2.75) is 26.4 Å². The second-order valence-corrected chi connectivity index (χ2v) is 9.91. The highest BCUT2D eigenvalue weighted by molar-refractivity contribution is 6.05. The van der Waals surface area contributed by atoms with E-state index in [4.69, 9.17) is 4.52 Å². The Labute approximate surface area is 245 Å². The summed E-state index contributed by atoms with van der Waals surface area (Å²) in [5, 5.41) is 12.3. The minimum absolute atomic E-state index is 0.163. The van der Waals surface area contributed by atoms with Gasteiger partial charge in [-0.05, 0) is 81.4 Å². The molecule has 2 aromatic carbocycles. The van der Waals surface area contributed by atoms with Crippen LogP contribution in [0, 0.1) is 13.8 Å². The van der Waals surface area contributed by atoms with Gasteiger partial charge in [-0.15, -0.1) is 0 Å². The van der Waals surface area contributed by atoms with Crippen molar-refractivity contribution < 1.29 is 22.5 Å². The van der Waals surface area contributed by atoms with E-state index in [2.05, 4.69) is 36.1 Å². The van der Waals surface area contributed by atoms with Gasteiger partial charge in [0.1, 0.15) is 0 Å². The highest BCUT2D eigenvalue weighted by atomic mass is 19.4. The maximum Gasteiger partial charge on any atom is 0.418 e. The van der Waals surface area contributed by atoms with Gasteiger partial charge in [-0.1, -0.05) is 17.3 Å². The lowest BCUT2D eigenvalue weighted by atomic mass is 10.0. The molecule has 0 saturated carbocycles. The summed E-state index contributed by atoms with van der Waals surface area (Å²) in [5.74, 6) is 0.187. The SMILES string of the molecule is CNCCc1ccc(NC(=O)c2ccc(C)c(Nc3nccc(-c4cncc(-c5oncc5C)c4)n3)c2)c(C(F)(F)F)c1. The lowest BCUT2D eigenvalue weighted by Crippen LogP contribution is -2.18. The Hall–Kier alpha value is -5.10. The Morgan fingerprint density at radius 3 is 2.49 bits per heavy atom. The van der Waals surface area contributed by atoms with Crippen molar-refractivity contribution in [2.24, 2.45) is 0 Å². The van der Waals surface area contributed by atoms with Gasteiger partial charge < -0.3 is 20.5 Å². The first-order chi connectivity index (χ1) is 20.6. The molecule has 0 aliphatic carbocycles. The minimum Gasteiger partial charge on any atom is -0.356 e. The summed E-state index contributed by atoms with van der Waals surface area (Å²) in [4.78, 5) is 26.3. The summed E-state index contributed by atoms with van der Waals surface area (Å²) in [6.45, 7) is 4.24. The Morgan fingerprint density at radius 1 is 0.930 bits per heavy atom. The zero-order valence-electron chi connectivity index (χ0n) is 23.6. The molecule has 9 nitrogen and oxygen atoms in total. The van der Waals surface area contributed by atoms with Crippen LogP contribution in [0.2, 0.25) is 0 Å². The molecule has 0 aliphatic rings. The number of anilines is 3. The van der Waals surface area contributed by atoms with Crippen LogP contribution in [0.4, 0.5) is 30.5 Å². The Kier molecular flexibility index (Phi) is 8.48. The molecule has 3 heterocycles. The third-order valence-electron chi connectivity index (χ3n) is 6.75. The number of aryl methyl sites for hydroxylation is 2. The molecule has 0 aliphatic heterocycles. The van der Waals surface area contributed by atoms with E-state index in [-0.39, 0.29) is 17.2 Å². The fourth-order valence-corrected chi connectivity index (χ4v) is 4.43. The van der Waals surface area contributed by atoms with Gasteiger partial charge >= 0.3 is 6.18 Å². The van der Waals surface area contributed by atoms with E-state index in [9.17, 15) is 18.0 Å². The van der Waals surface area contributed by atoms with Crippen LogP contribution in [0.5, 0.6) is 0 Å². The molecule has 0 saturated heterocycles. The molecule has 12 heteroatoms. The van der Waals surface area contributed by atoms with Crippen molar-refractivity contribution in [1.29, 1.82) is 0 Å². The van der Waals surface area contributed by atoms with Crippen molar-refractivity contribution in [1.82, 2.24) is 25.4 Å². The number of pyridine rings is 1. The molecule has 1 amide bonds. The Balaban J connectivity index is 1.37. The van der Waals surface area contributed by atoms with Gasteiger partial charge in [-0.3, -0.25) is 9.78 Å². The number of alkyl halides is 3. The second kappa shape index (κ2) is 12.4. The third-order valence-corrected chi connectivity index (χ3v) is 6.75. The largest absolute Gasteiger partial charge is 0.418 e. The molecule has 5 aromatic rings. The van der Waals surface area contributed by atoms with E-state index in [1.807, 2.05) is 19.9 Å². The van der Waals surface area contributed by atoms with E-state index >= 15 is 0 Å². The van der Waals surface area contributed by atoms with Crippen molar-refractivity contribution in [3.05, 3.63) is 101 Å². The molecule has 0 radical (unpaired) electrons. The normalized spacial score (nSPS) is 11.4. The predicted octanol–water partition coefficient (Wildman–Crippen LogP) is 6.59. The first-order valence-electron chi connectivity index (χ1n) is 13.4. The molecule has 0 spiro atoms. The van der Waals surface area contributed by atoms with E-state index < -0.39 is 17.6 Å². The van der Waals surface area contributed by atoms with E-state index in [1.165, 1.54) is 6.07 Å². The average molecular weight is 588 g/mol. The molecule has 5 rings (SSSR count). The molecule has 3 N–H and O–H groups in total. The smallest absolute Gasteiger partial charge is 0.356 e. The maximum absolute atomic E-state index is 13.8. The number of likely N-dealkylation sites (N-methyl/N-ethyl adjacent to an activating group) is 1. The Morgan fingerprint density at radius 2 is 1.74 bits per heavy atom. The molecule has 220 valence electrons. The maximum atomic E-state index is 13.8. The van der Waals surface area contributed by atoms with Crippen LogP contribution in [0.25, 0.3) is 22.6 Å². The molecular weight excluding hydrogens is 559 g/mol. The van der Waals surface area contributed by atoms with Crippen LogP contribution >= 0.6 is 0 Å². The van der Waals surface area contributed by atoms with Crippen LogP contribution in [-0.4, -0.2) is 39.6 Å². The number of nitrogens with zero attached hydrogens (tertiary/aromatic N) is 4. The highest BCUT2D eigenvalue weighted by Crippen LogP contribution is 2.36. The van der Waals surface area contributed by atoms with Gasteiger partial charge in [0.2, 0.25) is 5.95 Å². The number of carbonyl (C=O) groups is 1. The number of hydrogen-bond donors (Lipinski definition) is 3. The topological polar surface area (TPSA) is 118 Å². The van der Waals surface area contributed by atoms with Crippen molar-refractivity contribution >= 4 is 23.2 Å². The summed E-state index contributed by atoms with van der Waals surface area (Å²) < 4.78 is 46.8. The van der Waals surface area contributed by atoms with E-state index in [1.54, 1.807) is 62.2 Å². The Bertz CT molecular complexity index is 1770. The van der Waals surface area contributed by atoms with Crippen LogP contribution in [0.3, 0.4) is 0 Å². The van der Waals surface area contributed by atoms with Gasteiger partial charge in [0.15, 0.2) is 5.76 Å². The fourth-order valence-electron chi connectivity index (χ4n) is 4.43. The monoisotopic (exact) mass is 587 g/mol. The zero-order chi connectivity index (χ0) is 30.6. The number of halogens is 3. The summed E-state index contributed by atoms with van der Waals surface area (Å²) in [5.41, 5.74) is 3.70. The van der Waals surface area contributed by atoms with Crippen LogP contribution in [0.15, 0.2) is 77.8 Å². The summed E-state index contributed by atoms with van der Waals surface area (Å²) >= 11 is 0. The van der Waals surface area contributed by atoms with Crippen molar-refractivity contribution in [2.75, 3.05) is 24.2 Å². The van der Waals surface area contributed by atoms with Gasteiger partial charge in [0.25, 0.3) is 5.91 Å². The average Bonchev–Trinajstić information content (AvgIpc) is 3.43. The summed E-state index contributed by atoms with van der Waals surface area (Å²) in [7, 11) is 1.73. The van der Waals surface area contributed by atoms with Crippen LogP contribution < -0.4 is 16.0 Å². The quantitative estimate of drug-likeness (QED) is 0.177. The van der Waals surface area contributed by atoms with Gasteiger partial charge in [-0.2, -0.15) is 13.2 Å². The van der Waals surface area contributed by atoms with Crippen LogP contribution in [0.1, 0.15) is 32.6 Å². The number of carbonyl (C=O) groups excluding carboxylic acids is 1. The number of nitrogens with one attached hydrogen (secondary N) is 3. The second-order valence-electron chi connectivity index (χ2n) is 9.91. The van der Waals surface area contributed by atoms with Crippen molar-refractivity contribution in [3.8, 4) is 22.6 Å². The molecule has 3 aromatic heterocycles. The highest BCUT2D eigenvalue weighted by Gasteiger charge is 2.34. The number of amides is 1. The summed E-state index contributed by atoms with van der Waals surface area (Å²) in [6.07, 6.45) is 2.34. The first kappa shape index (κ1) is 29.4. The number of aromatic nitrogens is 4. The predicted molar refractivity (Wildman–Crippen MR) is 157 cm³/mol. The first-order valence-corrected chi connectivity index (χ1v) is 13.4. The fraction of sp³-hybridized carbons (Fsp3) is 0.194. The zero-order valence-corrected chi connectivity index (χ0v) is 23.6. The molecule has 0 atom stereocenters. The standard InChI is InChI=1S/C31H28F3N7O2/c1-18-4-6-21(29(42)39-26-7-5-20(8-10-35-3)12-24(26)31(32,33)34)14-27(18)41-30-37-11-9-25(40-30)22-13-23(17-36-16-22)28-19(2)15-38-43-28/h4-7,9,11-17,35H,8,10H2,1-3H3,(H,39,42)(H,37,40,41). The minimum atomic E-state index is -4.64. The van der Waals surface area contributed by atoms with Crippen LogP contribution in [-0.2, 0) is 12.6 Å².